The number of hydrogen-bond donors (Lipinski definition) is 2. The zero-order valence-corrected chi connectivity index (χ0v) is 14.6. The summed E-state index contributed by atoms with van der Waals surface area (Å²) in [7, 11) is 1.26. The quantitative estimate of drug-likeness (QED) is 0.703. The summed E-state index contributed by atoms with van der Waals surface area (Å²) in [6, 6.07) is -1.59. The molecule has 2 amide bonds. The Morgan fingerprint density at radius 3 is 2.08 bits per heavy atom. The topological polar surface area (TPSA) is 110 Å². The second-order valence-electron chi connectivity index (χ2n) is 6.04. The molecule has 0 saturated carbocycles. The molecule has 0 saturated heterocycles. The number of rotatable bonds is 7. The standard InChI is InChI=1S/C16H24N4O4/c1-9(2)12(19-14(21)11-8-17-6-7-18-11)15(22)20-13(10(3)4)16(23)24-5/h6-10,12-13H,1-5H3,(H,19,21)(H,20,22)/t12-,13?/m0/s1. The van der Waals surface area contributed by atoms with Crippen molar-refractivity contribution in [1.29, 1.82) is 0 Å². The Hall–Kier alpha value is -2.51. The zero-order chi connectivity index (χ0) is 18.3. The summed E-state index contributed by atoms with van der Waals surface area (Å²) < 4.78 is 4.71. The molecule has 1 rings (SSSR count). The fourth-order valence-corrected chi connectivity index (χ4v) is 2.03. The van der Waals surface area contributed by atoms with Gasteiger partial charge in [0.1, 0.15) is 17.8 Å². The molecular weight excluding hydrogens is 312 g/mol. The molecule has 0 aliphatic heterocycles. The van der Waals surface area contributed by atoms with Gasteiger partial charge in [-0.05, 0) is 11.8 Å². The van der Waals surface area contributed by atoms with Crippen molar-refractivity contribution in [2.45, 2.75) is 39.8 Å². The molecule has 0 bridgehead atoms. The number of aromatic nitrogens is 2. The van der Waals surface area contributed by atoms with Gasteiger partial charge in [-0.3, -0.25) is 14.6 Å². The van der Waals surface area contributed by atoms with Gasteiger partial charge in [0.05, 0.1) is 13.3 Å². The minimum atomic E-state index is -0.814. The molecule has 24 heavy (non-hydrogen) atoms. The second-order valence-corrected chi connectivity index (χ2v) is 6.04. The lowest BCUT2D eigenvalue weighted by atomic mass is 10.00. The molecule has 0 radical (unpaired) electrons. The lowest BCUT2D eigenvalue weighted by Gasteiger charge is -2.26. The van der Waals surface area contributed by atoms with Crippen LogP contribution >= 0.6 is 0 Å². The van der Waals surface area contributed by atoms with E-state index in [0.717, 1.165) is 0 Å². The molecule has 0 aliphatic rings. The number of methoxy groups -OCH3 is 1. The van der Waals surface area contributed by atoms with E-state index in [2.05, 4.69) is 20.6 Å². The molecule has 1 aromatic rings. The number of esters is 1. The summed E-state index contributed by atoms with van der Waals surface area (Å²) in [4.78, 5) is 44.2. The highest BCUT2D eigenvalue weighted by atomic mass is 16.5. The van der Waals surface area contributed by atoms with Crippen LogP contribution in [0.1, 0.15) is 38.2 Å². The number of carbonyl (C=O) groups is 3. The van der Waals surface area contributed by atoms with Gasteiger partial charge in [-0.15, -0.1) is 0 Å². The van der Waals surface area contributed by atoms with Gasteiger partial charge >= 0.3 is 5.97 Å². The van der Waals surface area contributed by atoms with E-state index in [1.54, 1.807) is 27.7 Å². The van der Waals surface area contributed by atoms with E-state index in [4.69, 9.17) is 4.74 Å². The number of ether oxygens (including phenoxy) is 1. The van der Waals surface area contributed by atoms with E-state index >= 15 is 0 Å². The smallest absolute Gasteiger partial charge is 0.328 e. The largest absolute Gasteiger partial charge is 0.467 e. The summed E-state index contributed by atoms with van der Waals surface area (Å²) >= 11 is 0. The molecule has 0 spiro atoms. The van der Waals surface area contributed by atoms with Crippen LogP contribution in [0.15, 0.2) is 18.6 Å². The van der Waals surface area contributed by atoms with Gasteiger partial charge in [0.15, 0.2) is 0 Å². The van der Waals surface area contributed by atoms with Crippen LogP contribution in [-0.4, -0.2) is 46.9 Å². The predicted octanol–water partition coefficient (Wildman–Crippen LogP) is 0.545. The SMILES string of the molecule is COC(=O)C(NC(=O)[C@@H](NC(=O)c1cnccn1)C(C)C)C(C)C. The summed E-state index contributed by atoms with van der Waals surface area (Å²) in [6.07, 6.45) is 4.16. The van der Waals surface area contributed by atoms with E-state index in [1.165, 1.54) is 25.7 Å². The first-order valence-electron chi connectivity index (χ1n) is 7.73. The summed E-state index contributed by atoms with van der Waals surface area (Å²) in [5.41, 5.74) is 0.115. The average molecular weight is 336 g/mol. The van der Waals surface area contributed by atoms with Crippen LogP contribution in [0.2, 0.25) is 0 Å². The fourth-order valence-electron chi connectivity index (χ4n) is 2.03. The summed E-state index contributed by atoms with van der Waals surface area (Å²) in [5, 5.41) is 5.27. The Kier molecular flexibility index (Phi) is 7.29. The minimum absolute atomic E-state index is 0.115. The zero-order valence-electron chi connectivity index (χ0n) is 14.6. The first kappa shape index (κ1) is 19.5. The van der Waals surface area contributed by atoms with Crippen molar-refractivity contribution in [3.05, 3.63) is 24.3 Å². The number of nitrogens with one attached hydrogen (secondary N) is 2. The molecule has 1 aromatic heterocycles. The third kappa shape index (κ3) is 5.29. The highest BCUT2D eigenvalue weighted by Crippen LogP contribution is 2.08. The van der Waals surface area contributed by atoms with Crippen molar-refractivity contribution in [3.8, 4) is 0 Å². The number of nitrogens with zero attached hydrogens (tertiary/aromatic N) is 2. The molecule has 2 atom stereocenters. The van der Waals surface area contributed by atoms with E-state index in [-0.39, 0.29) is 17.5 Å². The molecular formula is C16H24N4O4. The van der Waals surface area contributed by atoms with Crippen LogP contribution in [0.3, 0.4) is 0 Å². The minimum Gasteiger partial charge on any atom is -0.467 e. The third-order valence-electron chi connectivity index (χ3n) is 3.45. The van der Waals surface area contributed by atoms with E-state index in [9.17, 15) is 14.4 Å². The Labute approximate surface area is 141 Å². The first-order chi connectivity index (χ1) is 11.3. The Balaban J connectivity index is 2.85. The predicted molar refractivity (Wildman–Crippen MR) is 86.9 cm³/mol. The monoisotopic (exact) mass is 336 g/mol. The molecule has 8 heteroatoms. The molecule has 1 heterocycles. The second kappa shape index (κ2) is 8.95. The van der Waals surface area contributed by atoms with Crippen LogP contribution in [0.4, 0.5) is 0 Å². The lowest BCUT2D eigenvalue weighted by Crippen LogP contribution is -2.55. The van der Waals surface area contributed by atoms with E-state index in [1.807, 2.05) is 0 Å². The fraction of sp³-hybridized carbons (Fsp3) is 0.562. The molecule has 2 N–H and O–H groups in total. The van der Waals surface area contributed by atoms with Gasteiger partial charge in [-0.1, -0.05) is 27.7 Å². The molecule has 8 nitrogen and oxygen atoms in total. The van der Waals surface area contributed by atoms with Crippen LogP contribution in [0.25, 0.3) is 0 Å². The molecule has 0 aromatic carbocycles. The highest BCUT2D eigenvalue weighted by molar-refractivity contribution is 5.96. The first-order valence-corrected chi connectivity index (χ1v) is 7.73. The number of amides is 2. The third-order valence-corrected chi connectivity index (χ3v) is 3.45. The maximum absolute atomic E-state index is 12.5. The van der Waals surface area contributed by atoms with Gasteiger partial charge in [-0.2, -0.15) is 0 Å². The molecule has 132 valence electrons. The van der Waals surface area contributed by atoms with E-state index < -0.39 is 29.9 Å². The highest BCUT2D eigenvalue weighted by Gasteiger charge is 2.31. The average Bonchev–Trinajstić information content (AvgIpc) is 2.56. The van der Waals surface area contributed by atoms with Crippen LogP contribution in [0.5, 0.6) is 0 Å². The van der Waals surface area contributed by atoms with Crippen molar-refractivity contribution >= 4 is 17.8 Å². The maximum Gasteiger partial charge on any atom is 0.328 e. The van der Waals surface area contributed by atoms with Crippen LogP contribution in [0, 0.1) is 11.8 Å². The lowest BCUT2D eigenvalue weighted by molar-refractivity contribution is -0.146. The molecule has 0 aliphatic carbocycles. The number of carbonyl (C=O) groups excluding carboxylic acids is 3. The van der Waals surface area contributed by atoms with Gasteiger partial charge in [-0.25, -0.2) is 9.78 Å². The van der Waals surface area contributed by atoms with Crippen molar-refractivity contribution in [2.24, 2.45) is 11.8 Å². The molecule has 0 fully saturated rings. The molecule has 1 unspecified atom stereocenters. The Morgan fingerprint density at radius 1 is 1.00 bits per heavy atom. The van der Waals surface area contributed by atoms with Gasteiger partial charge in [0.2, 0.25) is 5.91 Å². The van der Waals surface area contributed by atoms with Gasteiger partial charge in [0.25, 0.3) is 5.91 Å². The van der Waals surface area contributed by atoms with Crippen LogP contribution < -0.4 is 10.6 Å². The summed E-state index contributed by atoms with van der Waals surface area (Å²) in [5.74, 6) is -1.82. The van der Waals surface area contributed by atoms with Crippen molar-refractivity contribution in [2.75, 3.05) is 7.11 Å². The van der Waals surface area contributed by atoms with Crippen molar-refractivity contribution in [1.82, 2.24) is 20.6 Å². The van der Waals surface area contributed by atoms with Crippen LogP contribution in [-0.2, 0) is 14.3 Å². The maximum atomic E-state index is 12.5. The number of hydrogen-bond acceptors (Lipinski definition) is 6. The van der Waals surface area contributed by atoms with Gasteiger partial charge < -0.3 is 15.4 Å². The Morgan fingerprint density at radius 2 is 1.62 bits per heavy atom. The van der Waals surface area contributed by atoms with Gasteiger partial charge in [0, 0.05) is 12.4 Å². The van der Waals surface area contributed by atoms with Crippen molar-refractivity contribution < 1.29 is 19.1 Å². The Bertz CT molecular complexity index is 575. The van der Waals surface area contributed by atoms with Crippen molar-refractivity contribution in [3.63, 3.8) is 0 Å². The normalized spacial score (nSPS) is 13.3. The summed E-state index contributed by atoms with van der Waals surface area (Å²) in [6.45, 7) is 7.18. The van der Waals surface area contributed by atoms with E-state index in [0.29, 0.717) is 0 Å².